The number of nitrogens with one attached hydrogen (secondary N) is 2. The van der Waals surface area contributed by atoms with Gasteiger partial charge in [0.25, 0.3) is 0 Å². The van der Waals surface area contributed by atoms with Crippen LogP contribution < -0.4 is 57.8 Å². The largest absolute Gasteiger partial charge is 0.493 e. The topological polar surface area (TPSA) is 318 Å². The first kappa shape index (κ1) is 87.3. The average Bonchev–Trinajstić information content (AvgIpc) is 1.63. The number of nitrogens with zero attached hydrogens (tertiary/aromatic N) is 3. The van der Waals surface area contributed by atoms with Crippen molar-refractivity contribution in [3.63, 3.8) is 0 Å². The van der Waals surface area contributed by atoms with Crippen molar-refractivity contribution in [2.75, 3.05) is 41.2 Å². The Balaban J connectivity index is 0.000000162. The van der Waals surface area contributed by atoms with E-state index in [1.165, 1.54) is 31.4 Å². The van der Waals surface area contributed by atoms with Gasteiger partial charge in [-0.1, -0.05) is 11.6 Å². The molecule has 0 saturated heterocycles. The van der Waals surface area contributed by atoms with Gasteiger partial charge >= 0.3 is 0 Å². The summed E-state index contributed by atoms with van der Waals surface area (Å²) in [7, 11) is 1.84. The van der Waals surface area contributed by atoms with Crippen molar-refractivity contribution in [1.29, 1.82) is 0 Å². The third kappa shape index (κ3) is 20.6. The van der Waals surface area contributed by atoms with Gasteiger partial charge in [0, 0.05) is 63.8 Å². The van der Waals surface area contributed by atoms with Gasteiger partial charge in [0.15, 0.2) is 74.2 Å². The van der Waals surface area contributed by atoms with E-state index in [0.29, 0.717) is 125 Å². The van der Waals surface area contributed by atoms with E-state index in [9.17, 15) is 46.9 Å². The van der Waals surface area contributed by atoms with Gasteiger partial charge in [-0.05, 0) is 262 Å². The zero-order valence-corrected chi connectivity index (χ0v) is 71.2. The number of hydrogen-bond acceptors (Lipinski definition) is 21. The van der Waals surface area contributed by atoms with Crippen LogP contribution in [0.4, 0.5) is 8.78 Å². The van der Waals surface area contributed by atoms with Crippen molar-refractivity contribution in [3.05, 3.63) is 189 Å². The van der Waals surface area contributed by atoms with Crippen LogP contribution in [0.25, 0.3) is 22.5 Å². The Bertz CT molecular complexity index is 5100. The highest BCUT2D eigenvalue weighted by atomic mass is 35.5. The van der Waals surface area contributed by atoms with Crippen LogP contribution in [0.1, 0.15) is 225 Å². The number of Topliss-reactive ketones (excluding diaryl/α,β-unsaturated/α-hetero) is 3. The molecular weight excluding hydrogens is 1560 g/mol. The molecule has 3 aliphatic heterocycles. The van der Waals surface area contributed by atoms with Crippen molar-refractivity contribution in [1.82, 2.24) is 24.4 Å². The van der Waals surface area contributed by atoms with Gasteiger partial charge < -0.3 is 63.7 Å². The first-order valence-corrected chi connectivity index (χ1v) is 41.9. The first-order chi connectivity index (χ1) is 55.0. The van der Waals surface area contributed by atoms with Crippen molar-refractivity contribution in [3.8, 4) is 74.3 Å². The number of methoxy groups -OCH3 is 3. The molecule has 8 aromatic rings. The molecule has 8 atom stereocenters. The van der Waals surface area contributed by atoms with E-state index in [2.05, 4.69) is 14.4 Å². The zero-order valence-electron chi connectivity index (χ0n) is 68.8. The number of nitrogens with two attached hydrogens (primary N) is 1. The minimum absolute atomic E-state index is 0.0453. The van der Waals surface area contributed by atoms with Crippen molar-refractivity contribution in [2.45, 2.75) is 221 Å². The molecule has 14 rings (SSSR count). The molecule has 7 N–H and O–H groups in total. The van der Waals surface area contributed by atoms with Gasteiger partial charge in [-0.2, -0.15) is 0 Å². The van der Waals surface area contributed by atoms with Gasteiger partial charge in [-0.15, -0.1) is 0 Å². The van der Waals surface area contributed by atoms with E-state index in [0.717, 1.165) is 38.5 Å². The zero-order chi connectivity index (χ0) is 84.7. The fraction of sp³-hybridized carbons (Fsp3) is 0.461. The number of fused-ring (bicyclic) bond motifs is 3. The fourth-order valence-corrected chi connectivity index (χ4v) is 15.3. The van der Waals surface area contributed by atoms with Gasteiger partial charge in [-0.25, -0.2) is 41.6 Å². The third-order valence-electron chi connectivity index (χ3n) is 21.3. The molecule has 23 nitrogen and oxygen atoms in total. The second-order valence-electron chi connectivity index (χ2n) is 34.2. The number of ketones is 3. The maximum absolute atomic E-state index is 13.8. The standard InChI is InChI=1S/C33H39FN2O6S.C29H31FN2O5.C27H35ClN2O6S/c1-31(2,3)43(39)36-32(4)19-41-30-24(32)18-28(35-29(30)20-7-10-22(34)11-8-20)33(5,38)16-15-25(37)21-9-14-26(27(17-21)40-6)42-23-12-13-23;1-28(31)16-36-27-21(28)15-25(32-26(27)17-4-7-19(30)8-5-17)29(2,34)13-12-22(33)18-6-11-23(24(14-18)35-3)37-20-9-10-20;1-25(2,3)37(33)30-26(4)15-35-23-18(26)14-22(29-24(23)28)27(5,32)12-11-19(31)16-7-10-20(21(13-16)34-6)36-17-8-9-17/h7-11,14,17-18,23,36,38H,12-13,15-16,19H2,1-6H3;4-8,11,14-15,20,34H,9-10,12-13,16,31H2,1-3H3;7,10,13-14,17,30,32H,8-9,11-12,15H2,1-6H3. The molecule has 0 spiro atoms. The van der Waals surface area contributed by atoms with Crippen LogP contribution in [0, 0.1) is 11.6 Å². The summed E-state index contributed by atoms with van der Waals surface area (Å²) in [6, 6.07) is 32.4. The maximum atomic E-state index is 13.8. The molecule has 28 heteroatoms. The summed E-state index contributed by atoms with van der Waals surface area (Å²) in [5.41, 5.74) is 6.29. The Morgan fingerprint density at radius 2 is 0.778 bits per heavy atom. The number of carbonyl (C=O) groups excluding carboxylic acids is 3. The molecular formula is C89H105ClF2N6O17S2. The molecule has 6 aliphatic rings. The lowest BCUT2D eigenvalue weighted by atomic mass is 9.88. The maximum Gasteiger partial charge on any atom is 0.171 e. The predicted molar refractivity (Wildman–Crippen MR) is 443 cm³/mol. The molecule has 3 aromatic heterocycles. The molecule has 626 valence electrons. The Morgan fingerprint density at radius 3 is 1.11 bits per heavy atom. The number of benzene rings is 5. The highest BCUT2D eigenvalue weighted by molar-refractivity contribution is 7.84. The summed E-state index contributed by atoms with van der Waals surface area (Å²) >= 11 is 6.44. The van der Waals surface area contributed by atoms with Crippen molar-refractivity contribution >= 4 is 50.9 Å². The van der Waals surface area contributed by atoms with Gasteiger partial charge in [0.05, 0.1) is 105 Å². The van der Waals surface area contributed by atoms with E-state index in [-0.39, 0.29) is 111 Å². The summed E-state index contributed by atoms with van der Waals surface area (Å²) in [6.45, 7) is 22.4. The quantitative estimate of drug-likeness (QED) is 0.0180. The molecule has 117 heavy (non-hydrogen) atoms. The number of hydrogen-bond donors (Lipinski definition) is 6. The lowest BCUT2D eigenvalue weighted by Crippen LogP contribution is -2.47. The summed E-state index contributed by atoms with van der Waals surface area (Å²) in [5, 5.41) is 34.6. The minimum atomic E-state index is -1.51. The normalized spacial score (nSPS) is 20.5. The number of aliphatic hydroxyl groups is 3. The SMILES string of the molecule is COc1cc(C(=O)CCC(C)(O)c2cc3c(c(-c4ccc(F)cc4)n2)OCC3(C)N)ccc1OC1CC1.COc1cc(C(=O)CCC(C)(O)c2cc3c(c(-c4ccc(F)cc4)n2)OCC3(C)NS(=O)C(C)(C)C)ccc1OC1CC1.COc1cc(C(=O)CCC(C)(O)c2cc3c(c(Cl)n2)OCC3(C)NS(=O)C(C)(C)C)ccc1OC1CC1. The van der Waals surface area contributed by atoms with Gasteiger partial charge in [0.2, 0.25) is 0 Å². The van der Waals surface area contributed by atoms with Crippen LogP contribution in [0.15, 0.2) is 121 Å². The van der Waals surface area contributed by atoms with Crippen LogP contribution >= 0.6 is 11.6 Å². The second-order valence-corrected chi connectivity index (χ2v) is 38.5. The van der Waals surface area contributed by atoms with E-state index in [4.69, 9.17) is 69.9 Å². The van der Waals surface area contributed by atoms with E-state index < -0.39 is 64.9 Å². The number of carbonyl (C=O) groups is 3. The van der Waals surface area contributed by atoms with Crippen LogP contribution in [0.3, 0.4) is 0 Å². The summed E-state index contributed by atoms with van der Waals surface area (Å²) < 4.78 is 110. The smallest absolute Gasteiger partial charge is 0.171 e. The minimum Gasteiger partial charge on any atom is -0.493 e. The first-order valence-electron chi connectivity index (χ1n) is 39.2. The summed E-state index contributed by atoms with van der Waals surface area (Å²) in [4.78, 5) is 53.1. The third-order valence-corrected chi connectivity index (χ3v) is 25.0. The lowest BCUT2D eigenvalue weighted by molar-refractivity contribution is 0.0395. The molecule has 0 amide bonds. The Labute approximate surface area is 692 Å². The van der Waals surface area contributed by atoms with Crippen LogP contribution in [-0.4, -0.2) is 125 Å². The Hall–Kier alpha value is -9.03. The van der Waals surface area contributed by atoms with Gasteiger partial charge in [-0.3, -0.25) is 14.4 Å². The Kier molecular flexibility index (Phi) is 25.6. The van der Waals surface area contributed by atoms with E-state index >= 15 is 0 Å². The highest BCUT2D eigenvalue weighted by Gasteiger charge is 2.46. The predicted octanol–water partition coefficient (Wildman–Crippen LogP) is 15.7. The van der Waals surface area contributed by atoms with Crippen LogP contribution in [0.5, 0.6) is 51.7 Å². The van der Waals surface area contributed by atoms with Crippen molar-refractivity contribution in [2.24, 2.45) is 5.73 Å². The molecule has 0 bridgehead atoms. The van der Waals surface area contributed by atoms with Crippen molar-refractivity contribution < 1.29 is 89.5 Å². The molecule has 6 heterocycles. The average molecular weight is 1670 g/mol. The van der Waals surface area contributed by atoms with E-state index in [1.54, 1.807) is 132 Å². The molecule has 0 radical (unpaired) electrons. The number of ether oxygens (including phenoxy) is 9. The van der Waals surface area contributed by atoms with Crippen LogP contribution in [-0.2, 0) is 55.4 Å². The number of aromatic nitrogens is 3. The lowest BCUT2D eigenvalue weighted by Gasteiger charge is -2.30. The van der Waals surface area contributed by atoms with Gasteiger partial charge in [0.1, 0.15) is 59.6 Å². The van der Waals surface area contributed by atoms with Crippen LogP contribution in [0.2, 0.25) is 5.15 Å². The molecule has 5 aromatic carbocycles. The monoisotopic (exact) mass is 1670 g/mol. The number of rotatable bonds is 30. The second kappa shape index (κ2) is 34.4. The fourth-order valence-electron chi connectivity index (χ4n) is 13.2. The molecule has 3 saturated carbocycles. The number of pyridine rings is 3. The summed E-state index contributed by atoms with van der Waals surface area (Å²) in [6.07, 6.45) is 7.28. The molecule has 3 aliphatic carbocycles. The highest BCUT2D eigenvalue weighted by Crippen LogP contribution is 2.49. The number of halogens is 3. The Morgan fingerprint density at radius 1 is 0.470 bits per heavy atom. The summed E-state index contributed by atoms with van der Waals surface area (Å²) in [5.74, 6) is 3.57. The molecule has 8 unspecified atom stereocenters. The van der Waals surface area contributed by atoms with E-state index in [1.807, 2.05) is 62.3 Å². The molecule has 3 fully saturated rings.